The molecule has 62 valence electrons. The summed E-state index contributed by atoms with van der Waals surface area (Å²) < 4.78 is 5.51. The maximum Gasteiger partial charge on any atom is 0.134 e. The Morgan fingerprint density at radius 3 is 2.82 bits per heavy atom. The van der Waals surface area contributed by atoms with E-state index in [0.29, 0.717) is 11.9 Å². The van der Waals surface area contributed by atoms with Crippen molar-refractivity contribution in [2.45, 2.75) is 25.4 Å². The Labute approximate surface area is 74.4 Å². The average Bonchev–Trinajstić information content (AvgIpc) is 2.31. The van der Waals surface area contributed by atoms with Crippen molar-refractivity contribution >= 4 is 21.7 Å². The number of ketones is 1. The summed E-state index contributed by atoms with van der Waals surface area (Å²) in [5, 5.41) is 0.906. The Balaban J connectivity index is 1.94. The van der Waals surface area contributed by atoms with Gasteiger partial charge in [0.15, 0.2) is 0 Å². The zero-order valence-corrected chi connectivity index (χ0v) is 7.89. The van der Waals surface area contributed by atoms with Gasteiger partial charge in [-0.05, 0) is 6.42 Å². The number of Topliss-reactive ketones (excluding diaryl/α,β-unsaturated/α-hetero) is 1. The van der Waals surface area contributed by atoms with Gasteiger partial charge in [-0.2, -0.15) is 0 Å². The maximum atomic E-state index is 10.8. The minimum absolute atomic E-state index is 0.259. The number of carbonyl (C=O) groups excluding carboxylic acids is 1. The second-order valence-corrected chi connectivity index (χ2v) is 4.33. The fraction of sp³-hybridized carbons (Fsp3) is 0.875. The summed E-state index contributed by atoms with van der Waals surface area (Å²) in [6.07, 6.45) is 2.94. The minimum atomic E-state index is 0.259. The predicted molar refractivity (Wildman–Crippen MR) is 44.8 cm³/mol. The van der Waals surface area contributed by atoms with E-state index in [1.54, 1.807) is 0 Å². The molecule has 1 saturated carbocycles. The summed E-state index contributed by atoms with van der Waals surface area (Å²) in [6, 6.07) is 0. The summed E-state index contributed by atoms with van der Waals surface area (Å²) in [5.74, 6) is 0.406. The summed E-state index contributed by atoms with van der Waals surface area (Å²) >= 11 is 3.39. The molecule has 0 aromatic heterocycles. The molecule has 0 unspecified atom stereocenters. The van der Waals surface area contributed by atoms with Crippen LogP contribution in [-0.2, 0) is 9.53 Å². The SMILES string of the molecule is O=C1CC2(CO[C@@H](CBr)C2)C1. The van der Waals surface area contributed by atoms with E-state index in [0.717, 1.165) is 31.2 Å². The third kappa shape index (κ3) is 1.25. The Hall–Kier alpha value is 0.110. The van der Waals surface area contributed by atoms with Crippen LogP contribution in [0.2, 0.25) is 0 Å². The molecule has 0 aromatic carbocycles. The molecule has 0 radical (unpaired) electrons. The summed E-state index contributed by atoms with van der Waals surface area (Å²) in [7, 11) is 0. The molecule has 0 aromatic rings. The van der Waals surface area contributed by atoms with Crippen LogP contribution < -0.4 is 0 Å². The first kappa shape index (κ1) is 7.74. The van der Waals surface area contributed by atoms with Gasteiger partial charge in [0.2, 0.25) is 0 Å². The molecule has 2 aliphatic rings. The van der Waals surface area contributed by atoms with Crippen molar-refractivity contribution in [2.24, 2.45) is 5.41 Å². The van der Waals surface area contributed by atoms with E-state index >= 15 is 0 Å². The Morgan fingerprint density at radius 1 is 1.64 bits per heavy atom. The Bertz CT molecular complexity index is 183. The van der Waals surface area contributed by atoms with E-state index in [-0.39, 0.29) is 5.41 Å². The number of ether oxygens (including phenoxy) is 1. The normalized spacial score (nSPS) is 34.3. The quantitative estimate of drug-likeness (QED) is 0.625. The first-order chi connectivity index (χ1) is 5.24. The van der Waals surface area contributed by atoms with Gasteiger partial charge < -0.3 is 4.74 Å². The highest BCUT2D eigenvalue weighted by Crippen LogP contribution is 2.47. The highest BCUT2D eigenvalue weighted by molar-refractivity contribution is 9.09. The number of hydrogen-bond acceptors (Lipinski definition) is 2. The van der Waals surface area contributed by atoms with Crippen LogP contribution in [0, 0.1) is 5.41 Å². The van der Waals surface area contributed by atoms with Crippen LogP contribution in [0.3, 0.4) is 0 Å². The third-order valence-electron chi connectivity index (χ3n) is 2.60. The first-order valence-corrected chi connectivity index (χ1v) is 5.06. The predicted octanol–water partition coefficient (Wildman–Crippen LogP) is 1.52. The van der Waals surface area contributed by atoms with E-state index in [4.69, 9.17) is 4.74 Å². The van der Waals surface area contributed by atoms with Crippen molar-refractivity contribution in [3.63, 3.8) is 0 Å². The molecule has 0 N–H and O–H groups in total. The van der Waals surface area contributed by atoms with Crippen molar-refractivity contribution in [3.05, 3.63) is 0 Å². The van der Waals surface area contributed by atoms with Crippen molar-refractivity contribution in [2.75, 3.05) is 11.9 Å². The molecule has 1 aliphatic carbocycles. The fourth-order valence-electron chi connectivity index (χ4n) is 2.03. The molecule has 2 nitrogen and oxygen atoms in total. The Kier molecular flexibility index (Phi) is 1.80. The lowest BCUT2D eigenvalue weighted by molar-refractivity contribution is -0.132. The molecule has 0 bridgehead atoms. The van der Waals surface area contributed by atoms with E-state index in [1.807, 2.05) is 0 Å². The molecule has 1 saturated heterocycles. The van der Waals surface area contributed by atoms with Crippen molar-refractivity contribution in [1.29, 1.82) is 0 Å². The van der Waals surface area contributed by atoms with E-state index in [9.17, 15) is 4.79 Å². The Morgan fingerprint density at radius 2 is 2.36 bits per heavy atom. The lowest BCUT2D eigenvalue weighted by atomic mass is 9.67. The second-order valence-electron chi connectivity index (χ2n) is 3.68. The zero-order chi connectivity index (χ0) is 7.90. The van der Waals surface area contributed by atoms with Gasteiger partial charge in [0.25, 0.3) is 0 Å². The zero-order valence-electron chi connectivity index (χ0n) is 6.31. The largest absolute Gasteiger partial charge is 0.377 e. The number of rotatable bonds is 1. The van der Waals surface area contributed by atoms with Gasteiger partial charge in [0.05, 0.1) is 12.7 Å². The van der Waals surface area contributed by atoms with E-state index in [1.165, 1.54) is 0 Å². The van der Waals surface area contributed by atoms with Gasteiger partial charge in [-0.1, -0.05) is 15.9 Å². The van der Waals surface area contributed by atoms with Crippen molar-refractivity contribution < 1.29 is 9.53 Å². The van der Waals surface area contributed by atoms with Gasteiger partial charge in [-0.25, -0.2) is 0 Å². The number of carbonyl (C=O) groups is 1. The summed E-state index contributed by atoms with van der Waals surface area (Å²) in [6.45, 7) is 0.801. The molecular weight excluding hydrogens is 208 g/mol. The van der Waals surface area contributed by atoms with Gasteiger partial charge in [-0.15, -0.1) is 0 Å². The standard InChI is InChI=1S/C8H11BrO2/c9-4-7-3-8(5-11-7)1-6(10)2-8/h7H,1-5H2/t7-/m1/s1. The van der Waals surface area contributed by atoms with Gasteiger partial charge in [0.1, 0.15) is 5.78 Å². The van der Waals surface area contributed by atoms with Crippen LogP contribution in [0.15, 0.2) is 0 Å². The van der Waals surface area contributed by atoms with Crippen LogP contribution in [0.4, 0.5) is 0 Å². The molecule has 11 heavy (non-hydrogen) atoms. The van der Waals surface area contributed by atoms with Gasteiger partial charge in [-0.3, -0.25) is 4.79 Å². The summed E-state index contributed by atoms with van der Waals surface area (Å²) in [5.41, 5.74) is 0.259. The fourth-order valence-corrected chi connectivity index (χ4v) is 2.44. The van der Waals surface area contributed by atoms with E-state index in [2.05, 4.69) is 15.9 Å². The van der Waals surface area contributed by atoms with Gasteiger partial charge >= 0.3 is 0 Å². The lowest BCUT2D eigenvalue weighted by Gasteiger charge is -2.34. The molecule has 0 amide bonds. The smallest absolute Gasteiger partial charge is 0.134 e. The molecular formula is C8H11BrO2. The molecule has 1 atom stereocenters. The maximum absolute atomic E-state index is 10.8. The molecule has 2 rings (SSSR count). The van der Waals surface area contributed by atoms with Crippen molar-refractivity contribution in [1.82, 2.24) is 0 Å². The molecule has 1 heterocycles. The highest BCUT2D eigenvalue weighted by atomic mass is 79.9. The monoisotopic (exact) mass is 218 g/mol. The highest BCUT2D eigenvalue weighted by Gasteiger charge is 2.48. The van der Waals surface area contributed by atoms with Gasteiger partial charge in [0, 0.05) is 23.6 Å². The molecule has 3 heteroatoms. The third-order valence-corrected chi connectivity index (χ3v) is 3.32. The topological polar surface area (TPSA) is 26.3 Å². The number of alkyl halides is 1. The van der Waals surface area contributed by atoms with Crippen LogP contribution in [-0.4, -0.2) is 23.8 Å². The number of hydrogen-bond donors (Lipinski definition) is 0. The van der Waals surface area contributed by atoms with Crippen LogP contribution >= 0.6 is 15.9 Å². The number of halogens is 1. The lowest BCUT2D eigenvalue weighted by Crippen LogP contribution is -2.38. The van der Waals surface area contributed by atoms with Crippen molar-refractivity contribution in [3.8, 4) is 0 Å². The minimum Gasteiger partial charge on any atom is -0.377 e. The molecule has 2 fully saturated rings. The molecule has 1 spiro atoms. The van der Waals surface area contributed by atoms with Crippen LogP contribution in [0.1, 0.15) is 19.3 Å². The first-order valence-electron chi connectivity index (χ1n) is 3.93. The summed E-state index contributed by atoms with van der Waals surface area (Å²) in [4.78, 5) is 10.8. The van der Waals surface area contributed by atoms with E-state index < -0.39 is 0 Å². The van der Waals surface area contributed by atoms with Crippen LogP contribution in [0.25, 0.3) is 0 Å². The van der Waals surface area contributed by atoms with Crippen LogP contribution in [0.5, 0.6) is 0 Å². The average molecular weight is 219 g/mol. The molecule has 1 aliphatic heterocycles. The second kappa shape index (κ2) is 2.56.